The van der Waals surface area contributed by atoms with Crippen LogP contribution in [0.15, 0.2) is 61.1 Å². The SMILES string of the molecule is CN1CCN(CC2(O)CCN(c3ccc(Nc4ccc(-c5cnc6ccccn56)c5c4C(=O)NC5)nc3)CC2)CC1. The molecule has 212 valence electrons. The van der Waals surface area contributed by atoms with E-state index in [0.29, 0.717) is 17.9 Å². The highest BCUT2D eigenvalue weighted by molar-refractivity contribution is 6.06. The molecule has 41 heavy (non-hydrogen) atoms. The summed E-state index contributed by atoms with van der Waals surface area (Å²) in [7, 11) is 2.16. The van der Waals surface area contributed by atoms with Gasteiger partial charge in [-0.15, -0.1) is 0 Å². The Balaban J connectivity index is 1.04. The minimum Gasteiger partial charge on any atom is -0.388 e. The number of carbonyl (C=O) groups excluding carboxylic acids is 1. The summed E-state index contributed by atoms with van der Waals surface area (Å²) in [4.78, 5) is 29.1. The first-order valence-corrected chi connectivity index (χ1v) is 14.4. The van der Waals surface area contributed by atoms with Crippen LogP contribution in [0.4, 0.5) is 17.2 Å². The molecule has 4 aromatic rings. The average Bonchev–Trinajstić information content (AvgIpc) is 3.60. The predicted molar refractivity (Wildman–Crippen MR) is 160 cm³/mol. The lowest BCUT2D eigenvalue weighted by molar-refractivity contribution is -0.0250. The van der Waals surface area contributed by atoms with Crippen molar-refractivity contribution in [3.63, 3.8) is 0 Å². The lowest BCUT2D eigenvalue weighted by Gasteiger charge is -2.43. The Kier molecular flexibility index (Phi) is 6.61. The molecule has 3 aromatic heterocycles. The highest BCUT2D eigenvalue weighted by Gasteiger charge is 2.35. The van der Waals surface area contributed by atoms with Gasteiger partial charge in [0.1, 0.15) is 11.5 Å². The van der Waals surface area contributed by atoms with Gasteiger partial charge in [-0.1, -0.05) is 12.1 Å². The van der Waals surface area contributed by atoms with Gasteiger partial charge in [-0.25, -0.2) is 9.97 Å². The van der Waals surface area contributed by atoms with Gasteiger partial charge in [0.2, 0.25) is 0 Å². The molecule has 6 heterocycles. The third-order valence-corrected chi connectivity index (χ3v) is 8.84. The van der Waals surface area contributed by atoms with Crippen molar-refractivity contribution < 1.29 is 9.90 Å². The first kappa shape index (κ1) is 25.9. The molecule has 3 aliphatic heterocycles. The highest BCUT2D eigenvalue weighted by Crippen LogP contribution is 2.35. The van der Waals surface area contributed by atoms with Gasteiger partial charge in [-0.2, -0.15) is 0 Å². The number of nitrogens with one attached hydrogen (secondary N) is 2. The summed E-state index contributed by atoms with van der Waals surface area (Å²) in [6.45, 7) is 7.01. The van der Waals surface area contributed by atoms with Crippen LogP contribution in [-0.4, -0.2) is 93.6 Å². The zero-order valence-corrected chi connectivity index (χ0v) is 23.4. The van der Waals surface area contributed by atoms with Gasteiger partial charge >= 0.3 is 0 Å². The Morgan fingerprint density at radius 2 is 1.80 bits per heavy atom. The lowest BCUT2D eigenvalue weighted by Crippen LogP contribution is -2.54. The first-order chi connectivity index (χ1) is 20.0. The van der Waals surface area contributed by atoms with Crippen molar-refractivity contribution in [2.45, 2.75) is 25.0 Å². The maximum Gasteiger partial charge on any atom is 0.254 e. The van der Waals surface area contributed by atoms with E-state index in [1.54, 1.807) is 0 Å². The number of imidazole rings is 1. The van der Waals surface area contributed by atoms with Gasteiger partial charge in [0.25, 0.3) is 5.91 Å². The number of piperazine rings is 1. The number of anilines is 3. The summed E-state index contributed by atoms with van der Waals surface area (Å²) in [5.41, 5.74) is 5.58. The van der Waals surface area contributed by atoms with Crippen LogP contribution in [0.3, 0.4) is 0 Å². The van der Waals surface area contributed by atoms with E-state index in [-0.39, 0.29) is 5.91 Å². The van der Waals surface area contributed by atoms with E-state index in [1.807, 2.05) is 59.4 Å². The largest absolute Gasteiger partial charge is 0.388 e. The normalized spacial score (nSPS) is 19.4. The third kappa shape index (κ3) is 5.03. The van der Waals surface area contributed by atoms with Crippen LogP contribution in [0.2, 0.25) is 0 Å². The lowest BCUT2D eigenvalue weighted by atomic mass is 9.90. The molecule has 3 aliphatic rings. The molecule has 0 unspecified atom stereocenters. The minimum atomic E-state index is -0.627. The first-order valence-electron chi connectivity index (χ1n) is 14.4. The van der Waals surface area contributed by atoms with Crippen LogP contribution >= 0.6 is 0 Å². The Hall–Kier alpha value is -3.99. The highest BCUT2D eigenvalue weighted by atomic mass is 16.3. The average molecular weight is 553 g/mol. The number of amides is 1. The van der Waals surface area contributed by atoms with Crippen LogP contribution in [0.25, 0.3) is 16.9 Å². The molecule has 10 nitrogen and oxygen atoms in total. The molecule has 1 amide bonds. The van der Waals surface area contributed by atoms with Crippen LogP contribution in [0.5, 0.6) is 0 Å². The number of piperidine rings is 1. The zero-order valence-electron chi connectivity index (χ0n) is 23.4. The number of β-amino-alcohol motifs (C(OH)–C–C–N with tert-alkyl or cyclic N) is 1. The zero-order chi connectivity index (χ0) is 28.0. The second-order valence-electron chi connectivity index (χ2n) is 11.6. The van der Waals surface area contributed by atoms with Crippen molar-refractivity contribution in [3.8, 4) is 11.3 Å². The number of hydrogen-bond acceptors (Lipinski definition) is 8. The van der Waals surface area contributed by atoms with E-state index in [9.17, 15) is 9.90 Å². The van der Waals surface area contributed by atoms with Crippen LogP contribution in [0.1, 0.15) is 28.8 Å². The second-order valence-corrected chi connectivity index (χ2v) is 11.6. The number of nitrogens with zero attached hydrogens (tertiary/aromatic N) is 6. The third-order valence-electron chi connectivity index (χ3n) is 8.84. The van der Waals surface area contributed by atoms with Gasteiger partial charge in [0.05, 0.1) is 40.6 Å². The molecular weight excluding hydrogens is 516 g/mol. The number of aromatic nitrogens is 3. The van der Waals surface area contributed by atoms with E-state index in [0.717, 1.165) is 92.5 Å². The molecule has 0 radical (unpaired) electrons. The van der Waals surface area contributed by atoms with Crippen molar-refractivity contribution in [1.82, 2.24) is 29.5 Å². The number of hydrogen-bond donors (Lipinski definition) is 3. The number of aliphatic hydroxyl groups is 1. The summed E-state index contributed by atoms with van der Waals surface area (Å²) >= 11 is 0. The number of fused-ring (bicyclic) bond motifs is 2. The Morgan fingerprint density at radius 1 is 0.976 bits per heavy atom. The van der Waals surface area contributed by atoms with E-state index < -0.39 is 5.60 Å². The van der Waals surface area contributed by atoms with Gasteiger partial charge < -0.3 is 25.5 Å². The summed E-state index contributed by atoms with van der Waals surface area (Å²) in [6, 6.07) is 13.9. The summed E-state index contributed by atoms with van der Waals surface area (Å²) in [5.74, 6) is 0.592. The van der Waals surface area contributed by atoms with Crippen LogP contribution in [-0.2, 0) is 6.54 Å². The second kappa shape index (κ2) is 10.4. The Morgan fingerprint density at radius 3 is 2.59 bits per heavy atom. The fourth-order valence-electron chi connectivity index (χ4n) is 6.37. The van der Waals surface area contributed by atoms with E-state index in [2.05, 4.69) is 48.4 Å². The number of rotatable bonds is 6. The van der Waals surface area contributed by atoms with Crippen molar-refractivity contribution in [3.05, 3.63) is 72.2 Å². The molecule has 2 saturated heterocycles. The van der Waals surface area contributed by atoms with Gasteiger partial charge in [0.15, 0.2) is 0 Å². The molecule has 0 saturated carbocycles. The van der Waals surface area contributed by atoms with Crippen LogP contribution in [0, 0.1) is 0 Å². The number of pyridine rings is 2. The standard InChI is InChI=1S/C31H36N8O2/c1-36-14-16-37(17-15-36)21-31(41)9-12-38(13-10-31)22-5-8-27(32-18-22)35-25-7-6-23(24-19-34-30(40)29(24)25)26-20-33-28-4-2-3-11-39(26)28/h2-8,11,18,20,41H,9-10,12-17,19,21H2,1H3,(H,32,35)(H,34,40). The maximum atomic E-state index is 12.9. The molecule has 3 N–H and O–H groups in total. The fraction of sp³-hybridized carbons (Fsp3) is 0.387. The van der Waals surface area contributed by atoms with Gasteiger partial charge in [-0.3, -0.25) is 14.1 Å². The van der Waals surface area contributed by atoms with E-state index in [1.165, 1.54) is 0 Å². The molecule has 1 aromatic carbocycles. The number of likely N-dealkylation sites (N-methyl/N-ethyl adjacent to an activating group) is 1. The Labute approximate surface area is 239 Å². The molecule has 0 aliphatic carbocycles. The summed E-state index contributed by atoms with van der Waals surface area (Å²) in [5, 5.41) is 17.6. The molecule has 10 heteroatoms. The van der Waals surface area contributed by atoms with Crippen molar-refractivity contribution in [2.75, 3.05) is 63.1 Å². The molecule has 7 rings (SSSR count). The van der Waals surface area contributed by atoms with Crippen molar-refractivity contribution >= 4 is 28.7 Å². The predicted octanol–water partition coefficient (Wildman–Crippen LogP) is 2.96. The van der Waals surface area contributed by atoms with Gasteiger partial charge in [0, 0.05) is 64.1 Å². The monoisotopic (exact) mass is 552 g/mol. The maximum absolute atomic E-state index is 12.9. The quantitative estimate of drug-likeness (QED) is 0.336. The van der Waals surface area contributed by atoms with E-state index in [4.69, 9.17) is 0 Å². The molecule has 0 spiro atoms. The van der Waals surface area contributed by atoms with Crippen molar-refractivity contribution in [1.29, 1.82) is 0 Å². The number of carbonyl (C=O) groups is 1. The Bertz CT molecular complexity index is 1570. The smallest absolute Gasteiger partial charge is 0.254 e. The van der Waals surface area contributed by atoms with Crippen LogP contribution < -0.4 is 15.5 Å². The van der Waals surface area contributed by atoms with Crippen molar-refractivity contribution in [2.24, 2.45) is 0 Å². The topological polar surface area (TPSA) is 101 Å². The summed E-state index contributed by atoms with van der Waals surface area (Å²) in [6.07, 6.45) is 7.22. The number of benzene rings is 1. The molecule has 0 atom stereocenters. The molecule has 2 fully saturated rings. The fourth-order valence-corrected chi connectivity index (χ4v) is 6.37. The van der Waals surface area contributed by atoms with E-state index >= 15 is 0 Å². The summed E-state index contributed by atoms with van der Waals surface area (Å²) < 4.78 is 2.04. The molecular formula is C31H36N8O2. The molecule has 0 bridgehead atoms. The minimum absolute atomic E-state index is 0.0906. The van der Waals surface area contributed by atoms with Gasteiger partial charge in [-0.05, 0) is 55.8 Å².